The summed E-state index contributed by atoms with van der Waals surface area (Å²) in [7, 11) is 0. The minimum absolute atomic E-state index is 0.294. The Morgan fingerprint density at radius 2 is 2.00 bits per heavy atom. The molecule has 0 bridgehead atoms. The van der Waals surface area contributed by atoms with Crippen LogP contribution in [-0.4, -0.2) is 72.3 Å². The molecule has 150 valence electrons. The quantitative estimate of drug-likeness (QED) is 0.749. The molecule has 2 saturated heterocycles. The number of nitrogens with zero attached hydrogens (tertiary/aromatic N) is 1. The van der Waals surface area contributed by atoms with Crippen LogP contribution in [0.2, 0.25) is 0 Å². The van der Waals surface area contributed by atoms with Crippen LogP contribution in [0, 0.1) is 0 Å². The van der Waals surface area contributed by atoms with Crippen LogP contribution in [0.4, 0.5) is 4.79 Å². The van der Waals surface area contributed by atoms with Crippen molar-refractivity contribution in [3.8, 4) is 0 Å². The van der Waals surface area contributed by atoms with E-state index < -0.39 is 11.7 Å². The molecule has 1 amide bonds. The second-order valence-corrected chi connectivity index (χ2v) is 8.35. The number of hydrogen-bond acceptors (Lipinski definition) is 6. The summed E-state index contributed by atoms with van der Waals surface area (Å²) in [6.07, 6.45) is -0.793. The summed E-state index contributed by atoms with van der Waals surface area (Å²) in [5.41, 5.74) is 0.134. The van der Waals surface area contributed by atoms with Crippen molar-refractivity contribution in [3.05, 3.63) is 35.9 Å². The van der Waals surface area contributed by atoms with Crippen LogP contribution < -0.4 is 5.32 Å². The highest BCUT2D eigenvalue weighted by Gasteiger charge is 2.54. The van der Waals surface area contributed by atoms with E-state index in [0.29, 0.717) is 39.5 Å². The SMILES string of the molecule is CC(C)(C)OC(=O)NC(COCc1ccccc1)C1(N2CC(O)C2)COC1. The zero-order valence-corrected chi connectivity index (χ0v) is 16.3. The van der Waals surface area contributed by atoms with Crippen LogP contribution in [0.1, 0.15) is 26.3 Å². The van der Waals surface area contributed by atoms with Gasteiger partial charge in [-0.25, -0.2) is 4.79 Å². The largest absolute Gasteiger partial charge is 0.444 e. The summed E-state index contributed by atoms with van der Waals surface area (Å²) in [5, 5.41) is 12.7. The number of aliphatic hydroxyl groups excluding tert-OH is 1. The molecular weight excluding hydrogens is 348 g/mol. The molecule has 2 heterocycles. The van der Waals surface area contributed by atoms with Gasteiger partial charge in [-0.2, -0.15) is 0 Å². The van der Waals surface area contributed by atoms with E-state index in [1.165, 1.54) is 0 Å². The fraction of sp³-hybridized carbons (Fsp3) is 0.650. The maximum absolute atomic E-state index is 12.4. The minimum atomic E-state index is -0.574. The first-order valence-corrected chi connectivity index (χ1v) is 9.40. The lowest BCUT2D eigenvalue weighted by molar-refractivity contribution is -0.204. The number of carbonyl (C=O) groups excluding carboxylic acids is 1. The average Bonchev–Trinajstić information content (AvgIpc) is 2.51. The van der Waals surface area contributed by atoms with Gasteiger partial charge in [0.1, 0.15) is 5.60 Å². The fourth-order valence-corrected chi connectivity index (χ4v) is 3.38. The molecule has 7 heteroatoms. The van der Waals surface area contributed by atoms with Gasteiger partial charge in [0.25, 0.3) is 0 Å². The standard InChI is InChI=1S/C20H30N2O5/c1-19(2,3)27-18(24)21-17(12-25-11-15-7-5-4-6-8-15)20(13-26-14-20)22-9-16(23)10-22/h4-8,16-17,23H,9-14H2,1-3H3,(H,21,24). The van der Waals surface area contributed by atoms with Crippen molar-refractivity contribution in [1.29, 1.82) is 0 Å². The highest BCUT2D eigenvalue weighted by molar-refractivity contribution is 5.68. The molecule has 0 aromatic heterocycles. The van der Waals surface area contributed by atoms with Crippen LogP contribution in [0.5, 0.6) is 0 Å². The third-order valence-electron chi connectivity index (χ3n) is 4.93. The van der Waals surface area contributed by atoms with E-state index in [1.807, 2.05) is 51.1 Å². The molecule has 1 aromatic rings. The molecule has 2 N–H and O–H groups in total. The number of aliphatic hydroxyl groups is 1. The average molecular weight is 378 g/mol. The zero-order valence-electron chi connectivity index (χ0n) is 16.3. The van der Waals surface area contributed by atoms with Crippen molar-refractivity contribution in [2.75, 3.05) is 32.9 Å². The highest BCUT2D eigenvalue weighted by atomic mass is 16.6. The molecule has 0 aliphatic carbocycles. The Hall–Kier alpha value is -1.67. The fourth-order valence-electron chi connectivity index (χ4n) is 3.38. The van der Waals surface area contributed by atoms with Crippen LogP contribution >= 0.6 is 0 Å². The van der Waals surface area contributed by atoms with Gasteiger partial charge in [-0.3, -0.25) is 4.90 Å². The Bertz CT molecular complexity index is 621. The van der Waals surface area contributed by atoms with Crippen LogP contribution in [-0.2, 0) is 20.8 Å². The maximum Gasteiger partial charge on any atom is 0.408 e. The zero-order chi connectivity index (χ0) is 19.5. The third kappa shape index (κ3) is 4.99. The number of alkyl carbamates (subject to hydrolysis) is 1. The predicted molar refractivity (Wildman–Crippen MR) is 100 cm³/mol. The molecule has 1 atom stereocenters. The van der Waals surface area contributed by atoms with Crippen LogP contribution in [0.3, 0.4) is 0 Å². The molecule has 0 saturated carbocycles. The van der Waals surface area contributed by atoms with Gasteiger partial charge in [0.15, 0.2) is 0 Å². The van der Waals surface area contributed by atoms with Gasteiger partial charge in [0.05, 0.1) is 44.1 Å². The van der Waals surface area contributed by atoms with Gasteiger partial charge in [0.2, 0.25) is 0 Å². The first kappa shape index (κ1) is 20.1. The maximum atomic E-state index is 12.4. The van der Waals surface area contributed by atoms with Gasteiger partial charge < -0.3 is 24.6 Å². The van der Waals surface area contributed by atoms with Gasteiger partial charge >= 0.3 is 6.09 Å². The third-order valence-corrected chi connectivity index (χ3v) is 4.93. The Kier molecular flexibility index (Phi) is 6.05. The number of hydrogen-bond donors (Lipinski definition) is 2. The van der Waals surface area contributed by atoms with Crippen molar-refractivity contribution in [3.63, 3.8) is 0 Å². The van der Waals surface area contributed by atoms with Crippen molar-refractivity contribution < 1.29 is 24.1 Å². The van der Waals surface area contributed by atoms with Crippen molar-refractivity contribution >= 4 is 6.09 Å². The molecule has 2 fully saturated rings. The van der Waals surface area contributed by atoms with Crippen molar-refractivity contribution in [1.82, 2.24) is 10.2 Å². The number of nitrogens with one attached hydrogen (secondary N) is 1. The summed E-state index contributed by atoms with van der Waals surface area (Å²) >= 11 is 0. The number of likely N-dealkylation sites (tertiary alicyclic amines) is 1. The smallest absolute Gasteiger partial charge is 0.408 e. The summed E-state index contributed by atoms with van der Waals surface area (Å²) in [6.45, 7) is 8.45. The molecule has 3 rings (SSSR count). The molecule has 7 nitrogen and oxygen atoms in total. The molecule has 27 heavy (non-hydrogen) atoms. The number of benzene rings is 1. The molecule has 2 aliphatic heterocycles. The lowest BCUT2D eigenvalue weighted by atomic mass is 9.83. The predicted octanol–water partition coefficient (Wildman–Crippen LogP) is 1.54. The molecule has 0 spiro atoms. The van der Waals surface area contributed by atoms with E-state index in [4.69, 9.17) is 14.2 Å². The Balaban J connectivity index is 1.65. The Morgan fingerprint density at radius 3 is 2.52 bits per heavy atom. The van der Waals surface area contributed by atoms with Crippen LogP contribution in [0.15, 0.2) is 30.3 Å². The second kappa shape index (κ2) is 8.14. The van der Waals surface area contributed by atoms with Crippen molar-refractivity contribution in [2.24, 2.45) is 0 Å². The molecule has 1 aromatic carbocycles. The monoisotopic (exact) mass is 378 g/mol. The normalized spacial score (nSPS) is 21.0. The number of ether oxygens (including phenoxy) is 3. The van der Waals surface area contributed by atoms with E-state index >= 15 is 0 Å². The van der Waals surface area contributed by atoms with Gasteiger partial charge in [-0.15, -0.1) is 0 Å². The Morgan fingerprint density at radius 1 is 1.33 bits per heavy atom. The number of amides is 1. The van der Waals surface area contributed by atoms with Crippen LogP contribution in [0.25, 0.3) is 0 Å². The van der Waals surface area contributed by atoms with Crippen molar-refractivity contribution in [2.45, 2.75) is 50.7 Å². The van der Waals surface area contributed by atoms with Gasteiger partial charge in [0, 0.05) is 13.1 Å². The highest BCUT2D eigenvalue weighted by Crippen LogP contribution is 2.33. The van der Waals surface area contributed by atoms with E-state index in [1.54, 1.807) is 0 Å². The molecule has 2 aliphatic rings. The molecule has 0 radical (unpaired) electrons. The minimum Gasteiger partial charge on any atom is -0.444 e. The number of β-amino-alcohol motifs (C(OH)–C–C–N with tert-alkyl or cyclic N) is 1. The topological polar surface area (TPSA) is 80.3 Å². The first-order valence-electron chi connectivity index (χ1n) is 9.40. The summed E-state index contributed by atoms with van der Waals surface area (Å²) in [5.74, 6) is 0. The van der Waals surface area contributed by atoms with Gasteiger partial charge in [-0.05, 0) is 26.3 Å². The number of carbonyl (C=O) groups is 1. The van der Waals surface area contributed by atoms with E-state index in [-0.39, 0.29) is 17.7 Å². The van der Waals surface area contributed by atoms with E-state index in [2.05, 4.69) is 10.2 Å². The van der Waals surface area contributed by atoms with E-state index in [9.17, 15) is 9.90 Å². The lowest BCUT2D eigenvalue weighted by Gasteiger charge is -2.58. The lowest BCUT2D eigenvalue weighted by Crippen LogP contribution is -2.78. The number of rotatable bonds is 7. The molecule has 1 unspecified atom stereocenters. The van der Waals surface area contributed by atoms with Gasteiger partial charge in [-0.1, -0.05) is 30.3 Å². The summed E-state index contributed by atoms with van der Waals surface area (Å²) < 4.78 is 16.8. The Labute approximate surface area is 160 Å². The second-order valence-electron chi connectivity index (χ2n) is 8.35. The summed E-state index contributed by atoms with van der Waals surface area (Å²) in [4.78, 5) is 14.5. The summed E-state index contributed by atoms with van der Waals surface area (Å²) in [6, 6.07) is 9.62. The van der Waals surface area contributed by atoms with E-state index in [0.717, 1.165) is 5.56 Å². The first-order chi connectivity index (χ1) is 12.8. The molecular formula is C20H30N2O5.